The molecule has 0 aromatic heterocycles. The average Bonchev–Trinajstić information content (AvgIpc) is 3.30. The monoisotopic (exact) mass is 443 g/mol. The van der Waals surface area contributed by atoms with Gasteiger partial charge in [-0.2, -0.15) is 4.31 Å². The Labute approximate surface area is 184 Å². The average molecular weight is 444 g/mol. The highest BCUT2D eigenvalue weighted by Crippen LogP contribution is 2.31. The zero-order chi connectivity index (χ0) is 22.0. The minimum atomic E-state index is -3.79. The number of ether oxygens (including phenoxy) is 1. The van der Waals surface area contributed by atoms with Crippen LogP contribution in [0.5, 0.6) is 5.75 Å². The summed E-state index contributed by atoms with van der Waals surface area (Å²) >= 11 is 0. The summed E-state index contributed by atoms with van der Waals surface area (Å²) in [5, 5.41) is 0. The summed E-state index contributed by atoms with van der Waals surface area (Å²) in [7, 11) is -2.28. The second-order valence-electron chi connectivity index (χ2n) is 8.05. The van der Waals surface area contributed by atoms with Crippen LogP contribution >= 0.6 is 0 Å². The molecule has 1 unspecified atom stereocenters. The lowest BCUT2D eigenvalue weighted by Gasteiger charge is -2.38. The fraction of sp³-hybridized carbons (Fsp3) is 0.435. The predicted octanol–water partition coefficient (Wildman–Crippen LogP) is 2.51. The van der Waals surface area contributed by atoms with Crippen LogP contribution in [0.4, 0.5) is 5.69 Å². The molecule has 0 aliphatic carbocycles. The maximum absolute atomic E-state index is 13.4. The number of hydrogen-bond donors (Lipinski definition) is 0. The molecule has 0 spiro atoms. The van der Waals surface area contributed by atoms with Crippen LogP contribution in [-0.2, 0) is 14.8 Å². The van der Waals surface area contributed by atoms with Gasteiger partial charge in [0.25, 0.3) is 0 Å². The summed E-state index contributed by atoms with van der Waals surface area (Å²) in [5.74, 6) is 0.401. The number of benzene rings is 2. The third kappa shape index (κ3) is 4.27. The van der Waals surface area contributed by atoms with Crippen molar-refractivity contribution in [1.29, 1.82) is 0 Å². The lowest BCUT2D eigenvalue weighted by atomic mass is 10.1. The minimum Gasteiger partial charge on any atom is -0.497 e. The topological polar surface area (TPSA) is 70.2 Å². The van der Waals surface area contributed by atoms with Crippen molar-refractivity contribution >= 4 is 21.6 Å². The molecule has 0 bridgehead atoms. The van der Waals surface area contributed by atoms with E-state index in [4.69, 9.17) is 4.74 Å². The maximum atomic E-state index is 13.4. The number of rotatable bonds is 5. The highest BCUT2D eigenvalue weighted by atomic mass is 32.2. The molecule has 2 aromatic carbocycles. The molecule has 2 heterocycles. The number of para-hydroxylation sites is 1. The third-order valence-electron chi connectivity index (χ3n) is 6.18. The highest BCUT2D eigenvalue weighted by molar-refractivity contribution is 7.89. The van der Waals surface area contributed by atoms with Crippen molar-refractivity contribution in [3.8, 4) is 5.75 Å². The standard InChI is InChI=1S/C23H29N3O4S/c1-18-10-11-20(30-2)17-22(18)31(28,29)26-12-6-9-21(26)23(27)25-15-13-24(14-16-25)19-7-4-3-5-8-19/h3-5,7-8,10-11,17,21H,6,9,12-16H2,1-2H3. The van der Waals surface area contributed by atoms with Crippen molar-refractivity contribution in [3.05, 3.63) is 54.1 Å². The molecule has 2 aromatic rings. The number of piperazine rings is 1. The Balaban J connectivity index is 1.49. The summed E-state index contributed by atoms with van der Waals surface area (Å²) in [6.07, 6.45) is 1.24. The van der Waals surface area contributed by atoms with E-state index in [1.54, 1.807) is 25.1 Å². The van der Waals surface area contributed by atoms with Crippen LogP contribution in [0.3, 0.4) is 0 Å². The lowest BCUT2D eigenvalue weighted by Crippen LogP contribution is -2.54. The van der Waals surface area contributed by atoms with Crippen molar-refractivity contribution in [2.24, 2.45) is 0 Å². The first-order valence-electron chi connectivity index (χ1n) is 10.7. The van der Waals surface area contributed by atoms with Crippen LogP contribution in [-0.4, -0.2) is 69.4 Å². The maximum Gasteiger partial charge on any atom is 0.244 e. The van der Waals surface area contributed by atoms with Gasteiger partial charge in [0.1, 0.15) is 11.8 Å². The van der Waals surface area contributed by atoms with Gasteiger partial charge in [0, 0.05) is 44.5 Å². The molecule has 7 nitrogen and oxygen atoms in total. The van der Waals surface area contributed by atoms with Gasteiger partial charge in [-0.3, -0.25) is 4.79 Å². The second-order valence-corrected chi connectivity index (χ2v) is 9.91. The summed E-state index contributed by atoms with van der Waals surface area (Å²) < 4.78 is 33.5. The van der Waals surface area contributed by atoms with Gasteiger partial charge in [0.2, 0.25) is 15.9 Å². The number of carbonyl (C=O) groups excluding carboxylic acids is 1. The molecule has 1 atom stereocenters. The van der Waals surface area contributed by atoms with Crippen LogP contribution in [0.25, 0.3) is 0 Å². The van der Waals surface area contributed by atoms with Gasteiger partial charge in [0.15, 0.2) is 0 Å². The van der Waals surface area contributed by atoms with Gasteiger partial charge in [0.05, 0.1) is 12.0 Å². The predicted molar refractivity (Wildman–Crippen MR) is 120 cm³/mol. The van der Waals surface area contributed by atoms with Crippen LogP contribution in [0.15, 0.2) is 53.4 Å². The zero-order valence-electron chi connectivity index (χ0n) is 18.0. The number of sulfonamides is 1. The largest absolute Gasteiger partial charge is 0.497 e. The number of nitrogens with zero attached hydrogens (tertiary/aromatic N) is 3. The molecule has 0 N–H and O–H groups in total. The lowest BCUT2D eigenvalue weighted by molar-refractivity contribution is -0.134. The molecule has 0 radical (unpaired) electrons. The molecule has 2 aliphatic heterocycles. The van der Waals surface area contributed by atoms with Crippen molar-refractivity contribution in [2.75, 3.05) is 44.7 Å². The van der Waals surface area contributed by atoms with Crippen molar-refractivity contribution in [1.82, 2.24) is 9.21 Å². The first-order chi connectivity index (χ1) is 14.9. The van der Waals surface area contributed by atoms with Gasteiger partial charge >= 0.3 is 0 Å². The van der Waals surface area contributed by atoms with Crippen molar-refractivity contribution in [2.45, 2.75) is 30.7 Å². The molecule has 8 heteroatoms. The summed E-state index contributed by atoms with van der Waals surface area (Å²) in [6, 6.07) is 14.5. The fourth-order valence-corrected chi connectivity index (χ4v) is 6.31. The Hall–Kier alpha value is -2.58. The minimum absolute atomic E-state index is 0.0886. The molecule has 31 heavy (non-hydrogen) atoms. The third-order valence-corrected chi connectivity index (χ3v) is 8.23. The molecule has 0 saturated carbocycles. The van der Waals surface area contributed by atoms with E-state index in [1.165, 1.54) is 11.4 Å². The van der Waals surface area contributed by atoms with Gasteiger partial charge < -0.3 is 14.5 Å². The Morgan fingerprint density at radius 3 is 2.39 bits per heavy atom. The van der Waals surface area contributed by atoms with Crippen LogP contribution < -0.4 is 9.64 Å². The number of carbonyl (C=O) groups is 1. The molecule has 1 amide bonds. The fourth-order valence-electron chi connectivity index (χ4n) is 4.42. The zero-order valence-corrected chi connectivity index (χ0v) is 18.8. The quantitative estimate of drug-likeness (QED) is 0.710. The number of anilines is 1. The van der Waals surface area contributed by atoms with E-state index in [-0.39, 0.29) is 10.8 Å². The van der Waals surface area contributed by atoms with E-state index in [2.05, 4.69) is 17.0 Å². The van der Waals surface area contributed by atoms with Crippen molar-refractivity contribution < 1.29 is 17.9 Å². The first kappa shape index (κ1) is 21.6. The summed E-state index contributed by atoms with van der Waals surface area (Å²) in [6.45, 7) is 4.79. The van der Waals surface area contributed by atoms with Crippen LogP contribution in [0.2, 0.25) is 0 Å². The van der Waals surface area contributed by atoms with E-state index in [1.807, 2.05) is 23.1 Å². The molecular formula is C23H29N3O4S. The SMILES string of the molecule is COc1ccc(C)c(S(=O)(=O)N2CCCC2C(=O)N2CCN(c3ccccc3)CC2)c1. The van der Waals surface area contributed by atoms with Gasteiger partial charge in [-0.05, 0) is 43.5 Å². The highest BCUT2D eigenvalue weighted by Gasteiger charge is 2.42. The van der Waals surface area contributed by atoms with Gasteiger partial charge in [-0.15, -0.1) is 0 Å². The summed E-state index contributed by atoms with van der Waals surface area (Å²) in [4.78, 5) is 17.6. The molecule has 2 aliphatic rings. The van der Waals surface area contributed by atoms with Crippen molar-refractivity contribution in [3.63, 3.8) is 0 Å². The first-order valence-corrected chi connectivity index (χ1v) is 12.1. The molecule has 4 rings (SSSR count). The van der Waals surface area contributed by atoms with E-state index in [9.17, 15) is 13.2 Å². The van der Waals surface area contributed by atoms with Gasteiger partial charge in [-0.25, -0.2) is 8.42 Å². The van der Waals surface area contributed by atoms with E-state index < -0.39 is 16.1 Å². The summed E-state index contributed by atoms with van der Waals surface area (Å²) in [5.41, 5.74) is 1.79. The Morgan fingerprint density at radius 1 is 1.00 bits per heavy atom. The number of methoxy groups -OCH3 is 1. The van der Waals surface area contributed by atoms with Crippen LogP contribution in [0.1, 0.15) is 18.4 Å². The molecule has 166 valence electrons. The molecular weight excluding hydrogens is 414 g/mol. The van der Waals surface area contributed by atoms with E-state index in [0.717, 1.165) is 18.8 Å². The number of amides is 1. The van der Waals surface area contributed by atoms with Crippen LogP contribution in [0, 0.1) is 6.92 Å². The second kappa shape index (κ2) is 8.88. The van der Waals surface area contributed by atoms with Gasteiger partial charge in [-0.1, -0.05) is 24.3 Å². The van der Waals surface area contributed by atoms with E-state index >= 15 is 0 Å². The Bertz CT molecular complexity index is 1030. The number of hydrogen-bond acceptors (Lipinski definition) is 5. The smallest absolute Gasteiger partial charge is 0.244 e. The molecule has 2 fully saturated rings. The van der Waals surface area contributed by atoms with E-state index in [0.29, 0.717) is 43.8 Å². The Morgan fingerprint density at radius 2 is 1.71 bits per heavy atom. The Kier molecular flexibility index (Phi) is 6.20. The normalized spacial score (nSPS) is 20.1. The number of aryl methyl sites for hydroxylation is 1. The molecule has 2 saturated heterocycles.